The van der Waals surface area contributed by atoms with Crippen LogP contribution < -0.4 is 4.74 Å². The second kappa shape index (κ2) is 8.99. The van der Waals surface area contributed by atoms with Crippen LogP contribution >= 0.6 is 0 Å². The quantitative estimate of drug-likeness (QED) is 0.565. The van der Waals surface area contributed by atoms with Gasteiger partial charge in [-0.25, -0.2) is 0 Å². The summed E-state index contributed by atoms with van der Waals surface area (Å²) in [4.78, 5) is 14.6. The number of halogens is 3. The Morgan fingerprint density at radius 1 is 1.09 bits per heavy atom. The molecule has 10 heteroatoms. The molecule has 0 spiro atoms. The highest BCUT2D eigenvalue weighted by Gasteiger charge is 2.39. The fourth-order valence-electron chi connectivity index (χ4n) is 3.76. The summed E-state index contributed by atoms with van der Waals surface area (Å²) in [6, 6.07) is 14.2. The Labute approximate surface area is 181 Å². The van der Waals surface area contributed by atoms with E-state index in [2.05, 4.69) is 14.9 Å². The maximum Gasteiger partial charge on any atom is 0.573 e. The molecule has 0 radical (unpaired) electrons. The minimum Gasteiger partial charge on any atom is -0.420 e. The molecule has 2 aromatic carbocycles. The molecule has 1 amide bonds. The van der Waals surface area contributed by atoms with Gasteiger partial charge in [0.05, 0.1) is 12.5 Å². The Kier molecular flexibility index (Phi) is 6.13. The topological polar surface area (TPSA) is 77.7 Å². The third kappa shape index (κ3) is 4.91. The zero-order chi connectivity index (χ0) is 22.7. The first-order valence-electron chi connectivity index (χ1n) is 9.87. The van der Waals surface area contributed by atoms with E-state index in [0.29, 0.717) is 31.5 Å². The number of likely N-dealkylation sites (tertiary alicyclic amines) is 1. The van der Waals surface area contributed by atoms with Gasteiger partial charge in [0.15, 0.2) is 0 Å². The number of methoxy groups -OCH3 is 1. The van der Waals surface area contributed by atoms with Crippen molar-refractivity contribution in [3.63, 3.8) is 0 Å². The van der Waals surface area contributed by atoms with Crippen molar-refractivity contribution in [2.24, 2.45) is 5.92 Å². The summed E-state index contributed by atoms with van der Waals surface area (Å²) in [5, 5.41) is 8.31. The number of rotatable bonds is 6. The summed E-state index contributed by atoms with van der Waals surface area (Å²) >= 11 is 0. The number of benzene rings is 2. The zero-order valence-electron chi connectivity index (χ0n) is 17.1. The zero-order valence-corrected chi connectivity index (χ0v) is 17.1. The van der Waals surface area contributed by atoms with Gasteiger partial charge >= 0.3 is 6.36 Å². The molecule has 3 aromatic rings. The van der Waals surface area contributed by atoms with Gasteiger partial charge in [-0.05, 0) is 36.4 Å². The van der Waals surface area contributed by atoms with Gasteiger partial charge in [-0.3, -0.25) is 4.79 Å². The molecule has 2 heterocycles. The van der Waals surface area contributed by atoms with Gasteiger partial charge in [0.25, 0.3) is 5.91 Å². The van der Waals surface area contributed by atoms with Crippen LogP contribution in [-0.4, -0.2) is 54.2 Å². The highest BCUT2D eigenvalue weighted by Crippen LogP contribution is 2.34. The van der Waals surface area contributed by atoms with Crippen molar-refractivity contribution < 1.29 is 31.9 Å². The number of carbonyl (C=O) groups is 1. The molecule has 1 saturated heterocycles. The van der Waals surface area contributed by atoms with E-state index in [1.54, 1.807) is 12.0 Å². The van der Waals surface area contributed by atoms with Crippen molar-refractivity contribution in [1.82, 2.24) is 15.1 Å². The van der Waals surface area contributed by atoms with E-state index in [-0.39, 0.29) is 29.1 Å². The third-order valence-corrected chi connectivity index (χ3v) is 5.22. The monoisotopic (exact) mass is 447 g/mol. The molecule has 0 saturated carbocycles. The molecule has 4 rings (SSSR count). The van der Waals surface area contributed by atoms with E-state index in [4.69, 9.17) is 9.15 Å². The highest BCUT2D eigenvalue weighted by molar-refractivity contribution is 5.94. The van der Waals surface area contributed by atoms with Crippen LogP contribution in [0.1, 0.15) is 22.2 Å². The van der Waals surface area contributed by atoms with Crippen molar-refractivity contribution in [2.75, 3.05) is 26.8 Å². The Balaban J connectivity index is 1.50. The molecule has 0 unspecified atom stereocenters. The molecular weight excluding hydrogens is 427 g/mol. The van der Waals surface area contributed by atoms with Gasteiger partial charge < -0.3 is 18.8 Å². The predicted octanol–water partition coefficient (Wildman–Crippen LogP) is 4.14. The Morgan fingerprint density at radius 2 is 1.81 bits per heavy atom. The maximum atomic E-state index is 13.0. The van der Waals surface area contributed by atoms with Crippen molar-refractivity contribution in [3.8, 4) is 17.2 Å². The number of nitrogens with zero attached hydrogens (tertiary/aromatic N) is 3. The average molecular weight is 447 g/mol. The molecule has 1 aliphatic rings. The van der Waals surface area contributed by atoms with E-state index in [0.717, 1.165) is 17.7 Å². The highest BCUT2D eigenvalue weighted by atomic mass is 19.4. The number of ether oxygens (including phenoxy) is 2. The van der Waals surface area contributed by atoms with Crippen LogP contribution in [0.25, 0.3) is 11.5 Å². The van der Waals surface area contributed by atoms with Gasteiger partial charge in [0, 0.05) is 37.2 Å². The standard InChI is InChI=1S/C22H20F3N3O4/c1-30-13-16-11-28(21(29)15-7-9-17(10-8-15)32-22(23,24)25)12-18(16)20-27-26-19(31-20)14-5-3-2-4-6-14/h2-10,16,18H,11-13H2,1H3/t16-,18+/m0/s1. The van der Waals surface area contributed by atoms with E-state index in [9.17, 15) is 18.0 Å². The lowest BCUT2D eigenvalue weighted by atomic mass is 9.97. The van der Waals surface area contributed by atoms with Crippen LogP contribution in [0.2, 0.25) is 0 Å². The van der Waals surface area contributed by atoms with Crippen LogP contribution in [-0.2, 0) is 4.74 Å². The fraction of sp³-hybridized carbons (Fsp3) is 0.318. The molecule has 168 valence electrons. The first kappa shape index (κ1) is 21.8. The van der Waals surface area contributed by atoms with Crippen LogP contribution in [0, 0.1) is 5.92 Å². The molecule has 0 aliphatic carbocycles. The molecular formula is C22H20F3N3O4. The first-order chi connectivity index (χ1) is 15.3. The number of carbonyl (C=O) groups excluding carboxylic acids is 1. The summed E-state index contributed by atoms with van der Waals surface area (Å²) < 4.78 is 52.1. The van der Waals surface area contributed by atoms with Gasteiger partial charge in [0.2, 0.25) is 11.8 Å². The van der Waals surface area contributed by atoms with E-state index in [1.807, 2.05) is 30.3 Å². The van der Waals surface area contributed by atoms with Crippen molar-refractivity contribution >= 4 is 5.91 Å². The molecule has 1 aromatic heterocycles. The van der Waals surface area contributed by atoms with Gasteiger partial charge in [-0.1, -0.05) is 18.2 Å². The fourth-order valence-corrected chi connectivity index (χ4v) is 3.76. The first-order valence-corrected chi connectivity index (χ1v) is 9.87. The Hall–Kier alpha value is -3.40. The minimum atomic E-state index is -4.79. The maximum absolute atomic E-state index is 13.0. The SMILES string of the molecule is COC[C@@H]1CN(C(=O)c2ccc(OC(F)(F)F)cc2)C[C@H]1c1nnc(-c2ccccc2)o1. The summed E-state index contributed by atoms with van der Waals surface area (Å²) in [5.41, 5.74) is 1.05. The molecule has 1 aliphatic heterocycles. The number of alkyl halides is 3. The molecule has 0 N–H and O–H groups in total. The smallest absolute Gasteiger partial charge is 0.420 e. The number of hydrogen-bond donors (Lipinski definition) is 0. The van der Waals surface area contributed by atoms with E-state index < -0.39 is 6.36 Å². The van der Waals surface area contributed by atoms with E-state index >= 15 is 0 Å². The summed E-state index contributed by atoms with van der Waals surface area (Å²) in [7, 11) is 1.57. The van der Waals surface area contributed by atoms with E-state index in [1.165, 1.54) is 12.1 Å². The largest absolute Gasteiger partial charge is 0.573 e. The lowest BCUT2D eigenvalue weighted by molar-refractivity contribution is -0.274. The number of hydrogen-bond acceptors (Lipinski definition) is 6. The van der Waals surface area contributed by atoms with Crippen LogP contribution in [0.15, 0.2) is 59.0 Å². The summed E-state index contributed by atoms with van der Waals surface area (Å²) in [6.45, 7) is 1.10. The molecule has 32 heavy (non-hydrogen) atoms. The summed E-state index contributed by atoms with van der Waals surface area (Å²) in [5.74, 6) is -0.186. The molecule has 7 nitrogen and oxygen atoms in total. The lowest BCUT2D eigenvalue weighted by Gasteiger charge is -2.16. The minimum absolute atomic E-state index is 0.0686. The Morgan fingerprint density at radius 3 is 2.47 bits per heavy atom. The van der Waals surface area contributed by atoms with Crippen molar-refractivity contribution in [1.29, 1.82) is 0 Å². The van der Waals surface area contributed by atoms with Gasteiger partial charge in [-0.15, -0.1) is 23.4 Å². The van der Waals surface area contributed by atoms with Gasteiger partial charge in [-0.2, -0.15) is 0 Å². The molecule has 2 atom stereocenters. The normalized spacial score (nSPS) is 18.7. The summed E-state index contributed by atoms with van der Waals surface area (Å²) in [6.07, 6.45) is -4.79. The van der Waals surface area contributed by atoms with Crippen LogP contribution in [0.3, 0.4) is 0 Å². The molecule has 1 fully saturated rings. The number of amides is 1. The molecule has 0 bridgehead atoms. The van der Waals surface area contributed by atoms with Gasteiger partial charge in [0.1, 0.15) is 5.75 Å². The van der Waals surface area contributed by atoms with Crippen molar-refractivity contribution in [2.45, 2.75) is 12.3 Å². The number of aromatic nitrogens is 2. The Bertz CT molecular complexity index is 1050. The second-order valence-corrected chi connectivity index (χ2v) is 7.42. The average Bonchev–Trinajstić information content (AvgIpc) is 3.41. The third-order valence-electron chi connectivity index (χ3n) is 5.22. The second-order valence-electron chi connectivity index (χ2n) is 7.42. The predicted molar refractivity (Wildman–Crippen MR) is 107 cm³/mol. The van der Waals surface area contributed by atoms with Crippen molar-refractivity contribution in [3.05, 3.63) is 66.1 Å². The lowest BCUT2D eigenvalue weighted by Crippen LogP contribution is -2.29. The van der Waals surface area contributed by atoms with Crippen LogP contribution in [0.5, 0.6) is 5.75 Å². The van der Waals surface area contributed by atoms with Crippen LogP contribution in [0.4, 0.5) is 13.2 Å².